The van der Waals surface area contributed by atoms with Crippen molar-refractivity contribution in [3.05, 3.63) is 64.7 Å². The Balaban J connectivity index is 1.04. The molecule has 2 saturated heterocycles. The number of benzene rings is 2. The summed E-state index contributed by atoms with van der Waals surface area (Å²) in [6.07, 6.45) is 1.94. The van der Waals surface area contributed by atoms with E-state index in [1.165, 1.54) is 24.6 Å². The highest BCUT2D eigenvalue weighted by molar-refractivity contribution is 6.34. The van der Waals surface area contributed by atoms with Gasteiger partial charge in [0.2, 0.25) is 0 Å². The number of fused-ring (bicyclic) bond motifs is 2. The summed E-state index contributed by atoms with van der Waals surface area (Å²) < 4.78 is 47.5. The first kappa shape index (κ1) is 29.7. The van der Waals surface area contributed by atoms with Crippen LogP contribution < -0.4 is 4.74 Å². The fourth-order valence-corrected chi connectivity index (χ4v) is 6.80. The first-order valence-electron chi connectivity index (χ1n) is 14.4. The Bertz CT molecular complexity index is 1240. The lowest BCUT2D eigenvalue weighted by Crippen LogP contribution is -2.57. The van der Waals surface area contributed by atoms with E-state index in [0.717, 1.165) is 55.7 Å². The molecule has 0 aromatic heterocycles. The number of amides is 2. The van der Waals surface area contributed by atoms with Crippen molar-refractivity contribution in [2.45, 2.75) is 69.2 Å². The molecular formula is C31H36ClF3N2O4. The molecule has 1 unspecified atom stereocenters. The van der Waals surface area contributed by atoms with Crippen LogP contribution in [0.2, 0.25) is 5.02 Å². The number of unbranched alkanes of at least 4 members (excludes halogenated alkanes) is 1. The molecule has 1 saturated carbocycles. The van der Waals surface area contributed by atoms with Crippen LogP contribution in [0.4, 0.5) is 13.2 Å². The summed E-state index contributed by atoms with van der Waals surface area (Å²) in [5.74, 6) is 0.188. The van der Waals surface area contributed by atoms with Crippen LogP contribution in [0.15, 0.2) is 48.5 Å². The van der Waals surface area contributed by atoms with Gasteiger partial charge >= 0.3 is 6.18 Å². The predicted molar refractivity (Wildman–Crippen MR) is 149 cm³/mol. The molecule has 2 amide bonds. The van der Waals surface area contributed by atoms with Crippen LogP contribution in [0.1, 0.15) is 67.3 Å². The van der Waals surface area contributed by atoms with Gasteiger partial charge in [0.25, 0.3) is 17.4 Å². The second-order valence-electron chi connectivity index (χ2n) is 11.6. The van der Waals surface area contributed by atoms with Crippen molar-refractivity contribution in [3.8, 4) is 5.75 Å². The lowest BCUT2D eigenvalue weighted by molar-refractivity contribution is -0.262. The molecule has 1 aliphatic carbocycles. The average Bonchev–Trinajstić information content (AvgIpc) is 3.60. The van der Waals surface area contributed by atoms with Gasteiger partial charge in [0.15, 0.2) is 0 Å². The van der Waals surface area contributed by atoms with Crippen LogP contribution in [-0.2, 0) is 10.4 Å². The van der Waals surface area contributed by atoms with Gasteiger partial charge in [0.05, 0.1) is 17.2 Å². The molecule has 222 valence electrons. The van der Waals surface area contributed by atoms with Gasteiger partial charge in [-0.2, -0.15) is 13.2 Å². The molecular weight excluding hydrogens is 557 g/mol. The first-order valence-corrected chi connectivity index (χ1v) is 14.8. The van der Waals surface area contributed by atoms with Crippen molar-refractivity contribution >= 4 is 23.4 Å². The van der Waals surface area contributed by atoms with Gasteiger partial charge in [-0.1, -0.05) is 48.4 Å². The summed E-state index contributed by atoms with van der Waals surface area (Å²) in [5.41, 5.74) is -3.52. The summed E-state index contributed by atoms with van der Waals surface area (Å²) in [5, 5.41) is 11.0. The molecule has 3 atom stereocenters. The third-order valence-electron chi connectivity index (χ3n) is 8.93. The van der Waals surface area contributed by atoms with Gasteiger partial charge in [-0.25, -0.2) is 0 Å². The number of likely N-dealkylation sites (tertiary alicyclic amines) is 2. The molecule has 0 radical (unpaired) electrons. The fraction of sp³-hybridized carbons (Fsp3) is 0.548. The Morgan fingerprint density at radius 2 is 1.73 bits per heavy atom. The fourth-order valence-electron chi connectivity index (χ4n) is 6.55. The highest BCUT2D eigenvalue weighted by Gasteiger charge is 2.62. The highest BCUT2D eigenvalue weighted by atomic mass is 35.5. The minimum absolute atomic E-state index is 0.00959. The molecule has 1 N–H and O–H groups in total. The number of alkyl halides is 3. The Morgan fingerprint density at radius 3 is 2.34 bits per heavy atom. The van der Waals surface area contributed by atoms with Crippen molar-refractivity contribution in [3.63, 3.8) is 0 Å². The number of aliphatic hydroxyl groups is 1. The number of carbonyl (C=O) groups excluding carboxylic acids is 2. The van der Waals surface area contributed by atoms with Crippen LogP contribution in [0, 0.1) is 11.8 Å². The van der Waals surface area contributed by atoms with Crippen LogP contribution in [0.3, 0.4) is 0 Å². The predicted octanol–water partition coefficient (Wildman–Crippen LogP) is 6.20. The summed E-state index contributed by atoms with van der Waals surface area (Å²) in [6, 6.07) is 12.1. The summed E-state index contributed by atoms with van der Waals surface area (Å²) in [4.78, 5) is 28.9. The molecule has 0 spiro atoms. The zero-order chi connectivity index (χ0) is 29.2. The van der Waals surface area contributed by atoms with Gasteiger partial charge in [-0.3, -0.25) is 9.59 Å². The number of hydrogen-bond acceptors (Lipinski definition) is 4. The third kappa shape index (κ3) is 6.21. The molecule has 41 heavy (non-hydrogen) atoms. The Kier molecular flexibility index (Phi) is 8.85. The Labute approximate surface area is 243 Å². The lowest BCUT2D eigenvalue weighted by Gasteiger charge is -2.38. The van der Waals surface area contributed by atoms with E-state index in [-0.39, 0.29) is 24.9 Å². The van der Waals surface area contributed by atoms with Crippen LogP contribution in [-0.4, -0.2) is 65.2 Å². The second kappa shape index (κ2) is 12.2. The second-order valence-corrected chi connectivity index (χ2v) is 12.0. The zero-order valence-electron chi connectivity index (χ0n) is 22.9. The number of halogens is 4. The quantitative estimate of drug-likeness (QED) is 0.352. The topological polar surface area (TPSA) is 70.1 Å². The van der Waals surface area contributed by atoms with E-state index < -0.39 is 23.2 Å². The van der Waals surface area contributed by atoms with Crippen molar-refractivity contribution in [2.75, 3.05) is 26.2 Å². The van der Waals surface area contributed by atoms with Crippen LogP contribution >= 0.6 is 11.6 Å². The van der Waals surface area contributed by atoms with Crippen molar-refractivity contribution < 1.29 is 32.6 Å². The SMILES string of the molecule is O=C(c1ccc(OCCCCC2CCN(C(=O)[C@](O)(c3ccccc3)C(F)(F)F)CC2)cc1Cl)N1CC2CC[C@@H]1C2. The Morgan fingerprint density at radius 1 is 1.00 bits per heavy atom. The van der Waals surface area contributed by atoms with Crippen LogP contribution in [0.25, 0.3) is 0 Å². The lowest BCUT2D eigenvalue weighted by atomic mass is 9.88. The van der Waals surface area contributed by atoms with Crippen molar-refractivity contribution in [2.24, 2.45) is 11.8 Å². The molecule has 2 aliphatic heterocycles. The number of rotatable bonds is 9. The maximum absolute atomic E-state index is 13.9. The normalized spacial score (nSPS) is 22.6. The molecule has 2 heterocycles. The van der Waals surface area contributed by atoms with Crippen molar-refractivity contribution in [1.29, 1.82) is 0 Å². The summed E-state index contributed by atoms with van der Waals surface area (Å²) >= 11 is 6.43. The molecule has 2 aromatic carbocycles. The maximum atomic E-state index is 13.9. The van der Waals surface area contributed by atoms with E-state index in [4.69, 9.17) is 16.3 Å². The number of piperidine rings is 2. The van der Waals surface area contributed by atoms with E-state index in [0.29, 0.717) is 47.7 Å². The molecule has 2 bridgehead atoms. The first-order chi connectivity index (χ1) is 19.6. The maximum Gasteiger partial charge on any atom is 0.430 e. The van der Waals surface area contributed by atoms with E-state index in [9.17, 15) is 27.9 Å². The summed E-state index contributed by atoms with van der Waals surface area (Å²) in [7, 11) is 0. The number of nitrogens with zero attached hydrogens (tertiary/aromatic N) is 2. The van der Waals surface area contributed by atoms with Crippen LogP contribution in [0.5, 0.6) is 5.75 Å². The van der Waals surface area contributed by atoms with E-state index in [1.807, 2.05) is 4.90 Å². The van der Waals surface area contributed by atoms with Gasteiger partial charge in [0, 0.05) is 31.2 Å². The summed E-state index contributed by atoms with van der Waals surface area (Å²) in [6.45, 7) is 1.64. The largest absolute Gasteiger partial charge is 0.494 e. The van der Waals surface area contributed by atoms with Crippen molar-refractivity contribution in [1.82, 2.24) is 9.80 Å². The Hall–Kier alpha value is -2.78. The monoisotopic (exact) mass is 592 g/mol. The molecule has 3 fully saturated rings. The number of ether oxygens (including phenoxy) is 1. The van der Waals surface area contributed by atoms with E-state index in [2.05, 4.69) is 0 Å². The molecule has 5 rings (SSSR count). The standard InChI is InChI=1S/C31H36ClF3N2O4/c32-27-19-25(11-12-26(27)28(38)37-20-22-9-10-24(37)18-22)41-17-5-4-6-21-13-15-36(16-14-21)29(39)30(40,31(33,34)35)23-7-2-1-3-8-23/h1-3,7-8,11-12,19,21-22,24,40H,4-6,9-10,13-18,20H2/t22?,24-,30-/m1/s1. The molecule has 3 aliphatic rings. The van der Waals surface area contributed by atoms with Gasteiger partial charge in [-0.05, 0) is 75.0 Å². The van der Waals surface area contributed by atoms with Gasteiger partial charge in [0.1, 0.15) is 5.75 Å². The molecule has 6 nitrogen and oxygen atoms in total. The minimum atomic E-state index is -5.13. The smallest absolute Gasteiger partial charge is 0.430 e. The number of carbonyl (C=O) groups is 2. The zero-order valence-corrected chi connectivity index (χ0v) is 23.7. The van der Waals surface area contributed by atoms with E-state index >= 15 is 0 Å². The van der Waals surface area contributed by atoms with E-state index in [1.54, 1.807) is 18.2 Å². The highest BCUT2D eigenvalue weighted by Crippen LogP contribution is 2.42. The average molecular weight is 593 g/mol. The number of hydrogen-bond donors (Lipinski definition) is 1. The molecule has 2 aromatic rings. The van der Waals surface area contributed by atoms with Gasteiger partial charge in [-0.15, -0.1) is 0 Å². The molecule has 10 heteroatoms. The third-order valence-corrected chi connectivity index (χ3v) is 9.24. The minimum Gasteiger partial charge on any atom is -0.494 e. The van der Waals surface area contributed by atoms with Gasteiger partial charge < -0.3 is 19.6 Å².